The Hall–Kier alpha value is -0.700. The van der Waals surface area contributed by atoms with Crippen LogP contribution in [0.2, 0.25) is 10.0 Å². The second kappa shape index (κ2) is 4.66. The van der Waals surface area contributed by atoms with Crippen molar-refractivity contribution < 1.29 is 5.11 Å². The molecule has 0 aliphatic carbocycles. The highest BCUT2D eigenvalue weighted by molar-refractivity contribution is 9.10. The Kier molecular flexibility index (Phi) is 3.43. The van der Waals surface area contributed by atoms with Gasteiger partial charge in [-0.25, -0.2) is 0 Å². The second-order valence-electron chi connectivity index (χ2n) is 3.26. The third-order valence-corrected chi connectivity index (χ3v) is 3.73. The predicted molar refractivity (Wildman–Crippen MR) is 71.3 cm³/mol. The molecule has 2 aromatic rings. The van der Waals surface area contributed by atoms with Crippen molar-refractivity contribution in [3.63, 3.8) is 0 Å². The molecule has 1 nitrogen and oxygen atoms in total. The molecule has 2 rings (SSSR count). The molecule has 0 radical (unpaired) electrons. The smallest absolute Gasteiger partial charge is 0.123 e. The fourth-order valence-corrected chi connectivity index (χ4v) is 2.20. The first-order valence-corrected chi connectivity index (χ1v) is 6.07. The van der Waals surface area contributed by atoms with Crippen molar-refractivity contribution in [2.75, 3.05) is 0 Å². The van der Waals surface area contributed by atoms with Gasteiger partial charge in [0.05, 0.1) is 5.02 Å². The van der Waals surface area contributed by atoms with Crippen LogP contribution in [0.3, 0.4) is 0 Å². The third-order valence-electron chi connectivity index (χ3n) is 2.20. The Morgan fingerprint density at radius 1 is 1.00 bits per heavy atom. The summed E-state index contributed by atoms with van der Waals surface area (Å²) in [7, 11) is 0. The molecule has 1 N–H and O–H groups in total. The van der Waals surface area contributed by atoms with Gasteiger partial charge < -0.3 is 5.11 Å². The maximum atomic E-state index is 9.77. The average molecular weight is 318 g/mol. The molecule has 82 valence electrons. The van der Waals surface area contributed by atoms with E-state index in [0.717, 1.165) is 10.0 Å². The van der Waals surface area contributed by atoms with Crippen molar-refractivity contribution in [2.45, 2.75) is 0 Å². The van der Waals surface area contributed by atoms with Gasteiger partial charge in [-0.1, -0.05) is 35.3 Å². The Morgan fingerprint density at radius 3 is 2.50 bits per heavy atom. The SMILES string of the molecule is Oc1ccc(Cl)cc1-c1cccc(Br)c1Cl. The number of rotatable bonds is 1. The molecular formula is C12H7BrCl2O. The second-order valence-corrected chi connectivity index (χ2v) is 4.93. The van der Waals surface area contributed by atoms with Crippen LogP contribution in [-0.4, -0.2) is 5.11 Å². The molecule has 0 spiro atoms. The highest BCUT2D eigenvalue weighted by Crippen LogP contribution is 2.38. The molecule has 0 fully saturated rings. The minimum atomic E-state index is 0.157. The molecule has 0 amide bonds. The fourth-order valence-electron chi connectivity index (χ4n) is 1.44. The van der Waals surface area contributed by atoms with Crippen LogP contribution in [0, 0.1) is 0 Å². The minimum Gasteiger partial charge on any atom is -0.507 e. The van der Waals surface area contributed by atoms with Gasteiger partial charge in [-0.15, -0.1) is 0 Å². The van der Waals surface area contributed by atoms with E-state index in [4.69, 9.17) is 23.2 Å². The van der Waals surface area contributed by atoms with E-state index in [1.807, 2.05) is 18.2 Å². The van der Waals surface area contributed by atoms with E-state index in [1.165, 1.54) is 0 Å². The van der Waals surface area contributed by atoms with Gasteiger partial charge in [0.15, 0.2) is 0 Å². The zero-order valence-corrected chi connectivity index (χ0v) is 11.1. The Bertz CT molecular complexity index is 541. The quantitative estimate of drug-likeness (QED) is 0.773. The molecule has 16 heavy (non-hydrogen) atoms. The Morgan fingerprint density at radius 2 is 1.75 bits per heavy atom. The molecule has 0 heterocycles. The fraction of sp³-hybridized carbons (Fsp3) is 0. The molecule has 2 aromatic carbocycles. The summed E-state index contributed by atoms with van der Waals surface area (Å²) in [5.74, 6) is 0.157. The van der Waals surface area contributed by atoms with Crippen molar-refractivity contribution in [1.82, 2.24) is 0 Å². The lowest BCUT2D eigenvalue weighted by Crippen LogP contribution is -1.82. The average Bonchev–Trinajstić information content (AvgIpc) is 2.26. The molecule has 0 atom stereocenters. The number of benzene rings is 2. The standard InChI is InChI=1S/C12H7BrCl2O/c13-10-3-1-2-8(12(10)15)9-6-7(14)4-5-11(9)16/h1-6,16H. The van der Waals surface area contributed by atoms with E-state index >= 15 is 0 Å². The maximum Gasteiger partial charge on any atom is 0.123 e. The molecule has 0 saturated heterocycles. The van der Waals surface area contributed by atoms with Gasteiger partial charge >= 0.3 is 0 Å². The van der Waals surface area contributed by atoms with E-state index in [0.29, 0.717) is 15.6 Å². The van der Waals surface area contributed by atoms with Crippen LogP contribution in [0.25, 0.3) is 11.1 Å². The van der Waals surface area contributed by atoms with Gasteiger partial charge in [0.1, 0.15) is 5.75 Å². The number of hydrogen-bond acceptors (Lipinski definition) is 1. The summed E-state index contributed by atoms with van der Waals surface area (Å²) < 4.78 is 0.783. The summed E-state index contributed by atoms with van der Waals surface area (Å²) in [6.07, 6.45) is 0. The van der Waals surface area contributed by atoms with Crippen molar-refractivity contribution in [1.29, 1.82) is 0 Å². The number of aromatic hydroxyl groups is 1. The third kappa shape index (κ3) is 2.19. The van der Waals surface area contributed by atoms with Crippen LogP contribution in [-0.2, 0) is 0 Å². The van der Waals surface area contributed by atoms with Crippen LogP contribution >= 0.6 is 39.1 Å². The number of halogens is 3. The molecule has 0 aliphatic rings. The minimum absolute atomic E-state index is 0.157. The lowest BCUT2D eigenvalue weighted by molar-refractivity contribution is 0.477. The van der Waals surface area contributed by atoms with Gasteiger partial charge in [0.25, 0.3) is 0 Å². The van der Waals surface area contributed by atoms with Gasteiger partial charge in [0.2, 0.25) is 0 Å². The van der Waals surface area contributed by atoms with Crippen LogP contribution < -0.4 is 0 Å². The lowest BCUT2D eigenvalue weighted by Gasteiger charge is -2.08. The van der Waals surface area contributed by atoms with E-state index in [9.17, 15) is 5.11 Å². The lowest BCUT2D eigenvalue weighted by atomic mass is 10.0. The first-order chi connectivity index (χ1) is 7.59. The van der Waals surface area contributed by atoms with E-state index in [2.05, 4.69) is 15.9 Å². The van der Waals surface area contributed by atoms with Crippen molar-refractivity contribution in [3.05, 3.63) is 50.9 Å². The predicted octanol–water partition coefficient (Wildman–Crippen LogP) is 5.13. The van der Waals surface area contributed by atoms with Crippen LogP contribution in [0.1, 0.15) is 0 Å². The van der Waals surface area contributed by atoms with Gasteiger partial charge in [-0.3, -0.25) is 0 Å². The monoisotopic (exact) mass is 316 g/mol. The summed E-state index contributed by atoms with van der Waals surface area (Å²) >= 11 is 15.4. The van der Waals surface area contributed by atoms with Gasteiger partial charge in [0, 0.05) is 20.6 Å². The van der Waals surface area contributed by atoms with Crippen LogP contribution in [0.15, 0.2) is 40.9 Å². The Balaban J connectivity index is 2.67. The van der Waals surface area contributed by atoms with E-state index in [1.54, 1.807) is 18.2 Å². The van der Waals surface area contributed by atoms with Crippen LogP contribution in [0.5, 0.6) is 5.75 Å². The highest BCUT2D eigenvalue weighted by Gasteiger charge is 2.10. The molecule has 0 bridgehead atoms. The molecular weight excluding hydrogens is 311 g/mol. The van der Waals surface area contributed by atoms with Crippen molar-refractivity contribution >= 4 is 39.1 Å². The molecule has 0 aromatic heterocycles. The summed E-state index contributed by atoms with van der Waals surface area (Å²) in [6, 6.07) is 10.4. The topological polar surface area (TPSA) is 20.2 Å². The zero-order valence-electron chi connectivity index (χ0n) is 8.05. The van der Waals surface area contributed by atoms with E-state index in [-0.39, 0.29) is 5.75 Å². The van der Waals surface area contributed by atoms with Crippen molar-refractivity contribution in [2.24, 2.45) is 0 Å². The summed E-state index contributed by atoms with van der Waals surface area (Å²) in [6.45, 7) is 0. The molecule has 0 aliphatic heterocycles. The number of hydrogen-bond donors (Lipinski definition) is 1. The Labute approximate surface area is 112 Å². The molecule has 0 unspecified atom stereocenters. The number of phenols is 1. The maximum absolute atomic E-state index is 9.77. The van der Waals surface area contributed by atoms with Gasteiger partial charge in [-0.2, -0.15) is 0 Å². The first-order valence-electron chi connectivity index (χ1n) is 4.52. The normalized spacial score (nSPS) is 10.4. The zero-order chi connectivity index (χ0) is 11.7. The molecule has 4 heteroatoms. The first kappa shape index (κ1) is 11.8. The highest BCUT2D eigenvalue weighted by atomic mass is 79.9. The summed E-state index contributed by atoms with van der Waals surface area (Å²) in [4.78, 5) is 0. The largest absolute Gasteiger partial charge is 0.507 e. The van der Waals surface area contributed by atoms with E-state index < -0.39 is 0 Å². The number of phenolic OH excluding ortho intramolecular Hbond substituents is 1. The van der Waals surface area contributed by atoms with Crippen molar-refractivity contribution in [3.8, 4) is 16.9 Å². The summed E-state index contributed by atoms with van der Waals surface area (Å²) in [5.41, 5.74) is 1.37. The summed E-state index contributed by atoms with van der Waals surface area (Å²) in [5, 5.41) is 10.9. The van der Waals surface area contributed by atoms with Crippen LogP contribution in [0.4, 0.5) is 0 Å². The molecule has 0 saturated carbocycles. The van der Waals surface area contributed by atoms with Gasteiger partial charge in [-0.05, 0) is 40.2 Å².